The van der Waals surface area contributed by atoms with Gasteiger partial charge in [-0.25, -0.2) is 0 Å². The zero-order chi connectivity index (χ0) is 45.6. The number of hydrogen-bond acceptors (Lipinski definition) is 10. The van der Waals surface area contributed by atoms with Gasteiger partial charge >= 0.3 is 19.1 Å². The van der Waals surface area contributed by atoms with Gasteiger partial charge in [-0.2, -0.15) is 0 Å². The number of nitrogens with zero attached hydrogens (tertiary/aromatic N) is 1. The lowest BCUT2D eigenvalue weighted by molar-refractivity contribution is -0.199. The van der Waals surface area contributed by atoms with E-state index < -0.39 is 109 Å². The molecule has 2 saturated heterocycles. The number of hydrogen-bond donors (Lipinski definition) is 7. The number of nitrogens with one attached hydrogen (secondary N) is 4. The van der Waals surface area contributed by atoms with E-state index >= 15 is 0 Å². The highest BCUT2D eigenvalue weighted by molar-refractivity contribution is 6.48. The third kappa shape index (κ3) is 11.8. The fourth-order valence-corrected chi connectivity index (χ4v) is 10.1. The number of aliphatic carboxylic acids is 2. The monoisotopic (exact) mass is 861 g/mol. The molecule has 8 N–H and O–H groups in total. The summed E-state index contributed by atoms with van der Waals surface area (Å²) in [5.74, 6) is -5.71. The lowest BCUT2D eigenvalue weighted by Crippen LogP contribution is -2.65. The Labute approximate surface area is 361 Å². The fourth-order valence-electron chi connectivity index (χ4n) is 10.1. The molecule has 3 aliphatic carbocycles. The van der Waals surface area contributed by atoms with Crippen molar-refractivity contribution in [1.29, 1.82) is 0 Å². The highest BCUT2D eigenvalue weighted by Gasteiger charge is 2.68. The Hall–Kier alpha value is -3.77. The predicted octanol–water partition coefficient (Wildman–Crippen LogP) is 2.77. The second kappa shape index (κ2) is 21.1. The van der Waals surface area contributed by atoms with Crippen LogP contribution >= 0.6 is 0 Å². The summed E-state index contributed by atoms with van der Waals surface area (Å²) < 4.78 is 13.5. The molecular weight excluding hydrogens is 787 g/mol. The summed E-state index contributed by atoms with van der Waals surface area (Å²) in [5, 5.41) is 29.3. The van der Waals surface area contributed by atoms with Crippen molar-refractivity contribution < 1.29 is 53.1 Å². The van der Waals surface area contributed by atoms with Crippen molar-refractivity contribution >= 4 is 48.6 Å². The van der Waals surface area contributed by atoms with Gasteiger partial charge in [0.15, 0.2) is 0 Å². The van der Waals surface area contributed by atoms with Crippen LogP contribution in [0.4, 0.5) is 0 Å². The molecule has 3 saturated carbocycles. The molecule has 5 rings (SSSR count). The zero-order valence-corrected chi connectivity index (χ0v) is 37.8. The number of carbonyl (C=O) groups is 7. The fraction of sp³-hybridized carbons (Fsp3) is 0.837. The molecule has 0 aromatic carbocycles. The third-order valence-electron chi connectivity index (χ3n) is 14.2. The van der Waals surface area contributed by atoms with E-state index in [0.717, 1.165) is 38.5 Å². The topological polar surface area (TPSA) is 256 Å². The SMILES string of the molecule is CCC(CC)CCC[C@H](NC(=O)[C@@H]1CCCN1C(=O)[C@@H](NC(=O)[C@@H](NC(=O)[C@H](CCC(=O)O)NC(=O)[C@@H](N)CC(=O)O)C(C)C)C(C)C)B1OC2CC3CC(C3(C)C)C2(C)O1. The average molecular weight is 861 g/mol. The molecule has 5 fully saturated rings. The van der Waals surface area contributed by atoms with Crippen LogP contribution in [0.1, 0.15) is 139 Å². The second-order valence-electron chi connectivity index (χ2n) is 19.4. The van der Waals surface area contributed by atoms with Gasteiger partial charge in [-0.1, -0.05) is 81.1 Å². The van der Waals surface area contributed by atoms with Crippen molar-refractivity contribution in [2.45, 2.75) is 187 Å². The standard InChI is InChI=1S/C43H73BN6O11/c1-10-25(11-2)14-12-16-32(44-60-31-21-26-20-30(42(26,7)8)43(31,9)61-44)47-39(57)29-15-13-19-50(29)41(59)36(24(5)6)49-40(58)35(23(3)4)48-38(56)28(17-18-33(51)52)46-37(55)27(45)22-34(53)54/h23-32,35-36H,10-22,45H2,1-9H3,(H,46,55)(H,47,57)(H,48,56)(H,49,58)(H,51,52)(H,53,54)/t26?,27-,28-,29-,30?,31?,32-,35-,36-,43?/m0/s1. The van der Waals surface area contributed by atoms with E-state index in [2.05, 4.69) is 55.9 Å². The summed E-state index contributed by atoms with van der Waals surface area (Å²) in [6.45, 7) is 18.4. The molecule has 0 radical (unpaired) electrons. The van der Waals surface area contributed by atoms with Crippen molar-refractivity contribution in [3.63, 3.8) is 0 Å². The molecule has 344 valence electrons. The highest BCUT2D eigenvalue weighted by Crippen LogP contribution is 2.65. The second-order valence-corrected chi connectivity index (χ2v) is 19.4. The Morgan fingerprint density at radius 2 is 1.46 bits per heavy atom. The smallest absolute Gasteiger partial charge is 0.481 e. The molecule has 18 heteroatoms. The molecule has 4 unspecified atom stereocenters. The largest absolute Gasteiger partial charge is 0.481 e. The van der Waals surface area contributed by atoms with Crippen molar-refractivity contribution in [2.75, 3.05) is 6.54 Å². The number of likely N-dealkylation sites (tertiary alicyclic amines) is 1. The number of carbonyl (C=O) groups excluding carboxylic acids is 5. The molecular formula is C43H73BN6O11. The first kappa shape index (κ1) is 49.9. The van der Waals surface area contributed by atoms with Gasteiger partial charge in [0.2, 0.25) is 29.5 Å². The van der Waals surface area contributed by atoms with Crippen molar-refractivity contribution in [2.24, 2.45) is 40.7 Å². The summed E-state index contributed by atoms with van der Waals surface area (Å²) in [5.41, 5.74) is 5.38. The maximum atomic E-state index is 14.4. The third-order valence-corrected chi connectivity index (χ3v) is 14.2. The molecule has 0 aromatic heterocycles. The first-order valence-corrected chi connectivity index (χ1v) is 22.6. The minimum Gasteiger partial charge on any atom is -0.481 e. The number of carboxylic acids is 2. The minimum atomic E-state index is -1.50. The summed E-state index contributed by atoms with van der Waals surface area (Å²) in [7, 11) is -0.620. The van der Waals surface area contributed by atoms with Crippen LogP contribution < -0.4 is 27.0 Å². The Balaban J connectivity index is 1.47. The molecule has 61 heavy (non-hydrogen) atoms. The molecule has 5 aliphatic rings. The summed E-state index contributed by atoms with van der Waals surface area (Å²) >= 11 is 0. The van der Waals surface area contributed by atoms with Gasteiger partial charge in [0.05, 0.1) is 30.1 Å². The van der Waals surface area contributed by atoms with Gasteiger partial charge in [0.25, 0.3) is 0 Å². The van der Waals surface area contributed by atoms with Gasteiger partial charge in [-0.15, -0.1) is 0 Å². The lowest BCUT2D eigenvalue weighted by atomic mass is 9.43. The molecule has 5 amide bonds. The van der Waals surface area contributed by atoms with E-state index in [0.29, 0.717) is 43.6 Å². The van der Waals surface area contributed by atoms with Gasteiger partial charge < -0.3 is 51.4 Å². The van der Waals surface area contributed by atoms with E-state index in [-0.39, 0.29) is 23.8 Å². The van der Waals surface area contributed by atoms with E-state index in [4.69, 9.17) is 20.1 Å². The van der Waals surface area contributed by atoms with Gasteiger partial charge in [0, 0.05) is 13.0 Å². The molecule has 10 atom stereocenters. The number of nitrogens with two attached hydrogens (primary N) is 1. The summed E-state index contributed by atoms with van der Waals surface area (Å²) in [4.78, 5) is 92.7. The van der Waals surface area contributed by atoms with Gasteiger partial charge in [-0.05, 0) is 80.5 Å². The quantitative estimate of drug-likeness (QED) is 0.0733. The van der Waals surface area contributed by atoms with Gasteiger partial charge in [-0.3, -0.25) is 33.6 Å². The number of amides is 5. The summed E-state index contributed by atoms with van der Waals surface area (Å²) in [6.07, 6.45) is 6.12. The van der Waals surface area contributed by atoms with E-state index in [1.807, 2.05) is 0 Å². The van der Waals surface area contributed by atoms with Crippen molar-refractivity contribution in [3.05, 3.63) is 0 Å². The van der Waals surface area contributed by atoms with Crippen LogP contribution in [0, 0.1) is 35.0 Å². The zero-order valence-electron chi connectivity index (χ0n) is 37.8. The van der Waals surface area contributed by atoms with Crippen molar-refractivity contribution in [3.8, 4) is 0 Å². The number of rotatable bonds is 23. The Bertz CT molecular complexity index is 1610. The first-order valence-electron chi connectivity index (χ1n) is 22.6. The van der Waals surface area contributed by atoms with E-state index in [9.17, 15) is 38.7 Å². The van der Waals surface area contributed by atoms with Gasteiger partial charge in [0.1, 0.15) is 24.2 Å². The predicted molar refractivity (Wildman–Crippen MR) is 227 cm³/mol. The maximum Gasteiger partial charge on any atom is 0.481 e. The highest BCUT2D eigenvalue weighted by atomic mass is 16.7. The Morgan fingerprint density at radius 3 is 2.03 bits per heavy atom. The van der Waals surface area contributed by atoms with Crippen LogP contribution in [0.2, 0.25) is 0 Å². The Morgan fingerprint density at radius 1 is 0.820 bits per heavy atom. The van der Waals surface area contributed by atoms with Crippen LogP contribution in [0.5, 0.6) is 0 Å². The van der Waals surface area contributed by atoms with Crippen LogP contribution in [0.15, 0.2) is 0 Å². The lowest BCUT2D eigenvalue weighted by Gasteiger charge is -2.64. The number of carboxylic acid groups (broad SMARTS) is 2. The first-order chi connectivity index (χ1) is 28.5. The maximum absolute atomic E-state index is 14.4. The van der Waals surface area contributed by atoms with Crippen LogP contribution in [0.25, 0.3) is 0 Å². The molecule has 2 aliphatic heterocycles. The summed E-state index contributed by atoms with van der Waals surface area (Å²) in [6, 6.07) is -6.02. The van der Waals surface area contributed by atoms with E-state index in [1.54, 1.807) is 27.7 Å². The average Bonchev–Trinajstić information content (AvgIpc) is 3.82. The van der Waals surface area contributed by atoms with Crippen molar-refractivity contribution in [1.82, 2.24) is 26.2 Å². The molecule has 0 aromatic rings. The van der Waals surface area contributed by atoms with E-state index in [1.165, 1.54) is 4.90 Å². The van der Waals surface area contributed by atoms with Crippen LogP contribution in [0.3, 0.4) is 0 Å². The Kier molecular flexibility index (Phi) is 17.2. The van der Waals surface area contributed by atoms with Crippen LogP contribution in [-0.4, -0.2) is 118 Å². The molecule has 0 spiro atoms. The minimum absolute atomic E-state index is 0.0522. The van der Waals surface area contributed by atoms with Crippen LogP contribution in [-0.2, 0) is 42.9 Å². The molecule has 2 heterocycles. The normalized spacial score (nSPS) is 26.4. The molecule has 2 bridgehead atoms. The molecule has 17 nitrogen and oxygen atoms in total.